The molecule has 0 aromatic heterocycles. The summed E-state index contributed by atoms with van der Waals surface area (Å²) in [5, 5.41) is 9.46. The lowest BCUT2D eigenvalue weighted by atomic mass is 9.67. The van der Waals surface area contributed by atoms with Gasteiger partial charge in [-0.05, 0) is 44.9 Å². The Balaban J connectivity index is 2.55. The van der Waals surface area contributed by atoms with Crippen molar-refractivity contribution in [3.05, 3.63) is 12.2 Å². The van der Waals surface area contributed by atoms with Crippen molar-refractivity contribution in [3.8, 4) is 0 Å². The topological polar surface area (TPSA) is 37.3 Å². The lowest BCUT2D eigenvalue weighted by molar-refractivity contribution is -0.151. The molecule has 1 aliphatic carbocycles. The predicted molar refractivity (Wildman–Crippen MR) is 71.0 cm³/mol. The largest absolute Gasteiger partial charge is 0.481 e. The Bertz CT molecular complexity index is 273. The number of unbranched alkanes of at least 4 members (excludes halogenated alkanes) is 1. The first-order chi connectivity index (χ1) is 8.00. The van der Waals surface area contributed by atoms with Crippen molar-refractivity contribution in [2.75, 3.05) is 0 Å². The molecule has 1 saturated carbocycles. The van der Waals surface area contributed by atoms with Crippen LogP contribution in [0.25, 0.3) is 0 Å². The second kappa shape index (κ2) is 6.23. The van der Waals surface area contributed by atoms with E-state index in [4.69, 9.17) is 0 Å². The van der Waals surface area contributed by atoms with Crippen LogP contribution in [0.5, 0.6) is 0 Å². The van der Waals surface area contributed by atoms with Gasteiger partial charge in [-0.2, -0.15) is 0 Å². The summed E-state index contributed by atoms with van der Waals surface area (Å²) in [7, 11) is 0. The first kappa shape index (κ1) is 14.3. The van der Waals surface area contributed by atoms with Gasteiger partial charge in [-0.15, -0.1) is 6.58 Å². The Labute approximate surface area is 105 Å². The fraction of sp³-hybridized carbons (Fsp3) is 0.800. The first-order valence-electron chi connectivity index (χ1n) is 6.88. The molecule has 0 atom stereocenters. The monoisotopic (exact) mass is 238 g/mol. The zero-order valence-electron chi connectivity index (χ0n) is 11.3. The second-order valence-corrected chi connectivity index (χ2v) is 5.80. The second-order valence-electron chi connectivity index (χ2n) is 5.80. The Kier molecular flexibility index (Phi) is 5.23. The normalized spacial score (nSPS) is 28.9. The Morgan fingerprint density at radius 3 is 2.41 bits per heavy atom. The Morgan fingerprint density at radius 1 is 1.41 bits per heavy atom. The van der Waals surface area contributed by atoms with Crippen LogP contribution in [0.2, 0.25) is 0 Å². The molecule has 0 aliphatic heterocycles. The average molecular weight is 238 g/mol. The van der Waals surface area contributed by atoms with Crippen molar-refractivity contribution in [3.63, 3.8) is 0 Å². The summed E-state index contributed by atoms with van der Waals surface area (Å²) < 4.78 is 0. The summed E-state index contributed by atoms with van der Waals surface area (Å²) in [5.41, 5.74) is 0.494. The molecular weight excluding hydrogens is 212 g/mol. The number of aliphatic carboxylic acids is 1. The van der Waals surface area contributed by atoms with Gasteiger partial charge < -0.3 is 5.11 Å². The molecule has 2 heteroatoms. The van der Waals surface area contributed by atoms with Gasteiger partial charge in [0.05, 0.1) is 5.41 Å². The SMILES string of the molecule is C=C(C)CC1(C(=O)O)CCC(CCCC)CC1. The van der Waals surface area contributed by atoms with Crippen LogP contribution in [0, 0.1) is 11.3 Å². The standard InChI is InChI=1S/C15H26O2/c1-4-5-6-13-7-9-15(10-8-13,14(16)17)11-12(2)3/h13H,2,4-11H2,1,3H3,(H,16,17). The number of carboxylic acids is 1. The van der Waals surface area contributed by atoms with Crippen molar-refractivity contribution in [1.82, 2.24) is 0 Å². The predicted octanol–water partition coefficient (Wildman–Crippen LogP) is 4.40. The van der Waals surface area contributed by atoms with E-state index in [0.29, 0.717) is 6.42 Å². The number of rotatable bonds is 6. The lowest BCUT2D eigenvalue weighted by Gasteiger charge is -2.37. The molecule has 1 rings (SSSR count). The maximum absolute atomic E-state index is 11.5. The Hall–Kier alpha value is -0.790. The van der Waals surface area contributed by atoms with Crippen LogP contribution < -0.4 is 0 Å². The fourth-order valence-electron chi connectivity index (χ4n) is 3.06. The van der Waals surface area contributed by atoms with Crippen LogP contribution in [-0.4, -0.2) is 11.1 Å². The van der Waals surface area contributed by atoms with Gasteiger partial charge in [0.2, 0.25) is 0 Å². The van der Waals surface area contributed by atoms with Gasteiger partial charge >= 0.3 is 5.97 Å². The van der Waals surface area contributed by atoms with Gasteiger partial charge in [0.25, 0.3) is 0 Å². The minimum absolute atomic E-state index is 0.505. The van der Waals surface area contributed by atoms with Gasteiger partial charge in [0.1, 0.15) is 0 Å². The molecule has 0 heterocycles. The molecule has 17 heavy (non-hydrogen) atoms. The highest BCUT2D eigenvalue weighted by Gasteiger charge is 2.41. The highest BCUT2D eigenvalue weighted by molar-refractivity contribution is 5.75. The molecule has 0 bridgehead atoms. The zero-order valence-corrected chi connectivity index (χ0v) is 11.3. The van der Waals surface area contributed by atoms with E-state index in [1.807, 2.05) is 6.92 Å². The van der Waals surface area contributed by atoms with E-state index >= 15 is 0 Å². The van der Waals surface area contributed by atoms with Gasteiger partial charge in [-0.3, -0.25) is 4.79 Å². The zero-order chi connectivity index (χ0) is 12.9. The van der Waals surface area contributed by atoms with Crippen LogP contribution in [0.1, 0.15) is 65.2 Å². The molecule has 0 unspecified atom stereocenters. The molecule has 0 aromatic carbocycles. The van der Waals surface area contributed by atoms with Crippen molar-refractivity contribution in [2.24, 2.45) is 11.3 Å². The number of allylic oxidation sites excluding steroid dienone is 1. The number of carbonyl (C=O) groups is 1. The number of hydrogen-bond donors (Lipinski definition) is 1. The van der Waals surface area contributed by atoms with E-state index in [1.165, 1.54) is 19.3 Å². The summed E-state index contributed by atoms with van der Waals surface area (Å²) >= 11 is 0. The fourth-order valence-corrected chi connectivity index (χ4v) is 3.06. The van der Waals surface area contributed by atoms with E-state index in [1.54, 1.807) is 0 Å². The molecule has 1 N–H and O–H groups in total. The smallest absolute Gasteiger partial charge is 0.309 e. The third kappa shape index (κ3) is 3.86. The third-order valence-corrected chi connectivity index (χ3v) is 4.12. The minimum atomic E-state index is -0.616. The summed E-state index contributed by atoms with van der Waals surface area (Å²) in [5.74, 6) is 0.141. The van der Waals surface area contributed by atoms with E-state index in [0.717, 1.165) is 37.2 Å². The van der Waals surface area contributed by atoms with E-state index in [-0.39, 0.29) is 0 Å². The summed E-state index contributed by atoms with van der Waals surface area (Å²) in [4.78, 5) is 11.5. The first-order valence-corrected chi connectivity index (χ1v) is 6.88. The molecule has 2 nitrogen and oxygen atoms in total. The van der Waals surface area contributed by atoms with Crippen molar-refractivity contribution < 1.29 is 9.90 Å². The summed E-state index contributed by atoms with van der Waals surface area (Å²) in [6.07, 6.45) is 8.30. The van der Waals surface area contributed by atoms with E-state index in [9.17, 15) is 9.90 Å². The highest BCUT2D eigenvalue weighted by Crippen LogP contribution is 2.44. The van der Waals surface area contributed by atoms with Crippen molar-refractivity contribution in [1.29, 1.82) is 0 Å². The van der Waals surface area contributed by atoms with Crippen LogP contribution in [0.4, 0.5) is 0 Å². The lowest BCUT2D eigenvalue weighted by Crippen LogP contribution is -2.35. The molecule has 0 spiro atoms. The molecule has 1 fully saturated rings. The maximum atomic E-state index is 11.5. The molecule has 0 amide bonds. The average Bonchev–Trinajstić information content (AvgIpc) is 2.27. The van der Waals surface area contributed by atoms with Crippen LogP contribution in [0.15, 0.2) is 12.2 Å². The van der Waals surface area contributed by atoms with E-state index < -0.39 is 11.4 Å². The minimum Gasteiger partial charge on any atom is -0.481 e. The van der Waals surface area contributed by atoms with Crippen LogP contribution in [-0.2, 0) is 4.79 Å². The van der Waals surface area contributed by atoms with Crippen LogP contribution in [0.3, 0.4) is 0 Å². The quantitative estimate of drug-likeness (QED) is 0.696. The molecule has 1 aliphatic rings. The Morgan fingerprint density at radius 2 is 2.00 bits per heavy atom. The summed E-state index contributed by atoms with van der Waals surface area (Å²) in [6, 6.07) is 0. The van der Waals surface area contributed by atoms with Crippen molar-refractivity contribution in [2.45, 2.75) is 65.2 Å². The molecule has 0 saturated heterocycles. The van der Waals surface area contributed by atoms with E-state index in [2.05, 4.69) is 13.5 Å². The van der Waals surface area contributed by atoms with Gasteiger partial charge in [-0.1, -0.05) is 31.8 Å². The third-order valence-electron chi connectivity index (χ3n) is 4.12. The molecular formula is C15H26O2. The molecule has 98 valence electrons. The number of hydrogen-bond acceptors (Lipinski definition) is 1. The molecule has 0 aromatic rings. The van der Waals surface area contributed by atoms with Crippen LogP contribution >= 0.6 is 0 Å². The van der Waals surface area contributed by atoms with Gasteiger partial charge in [0, 0.05) is 0 Å². The summed E-state index contributed by atoms with van der Waals surface area (Å²) in [6.45, 7) is 8.03. The van der Waals surface area contributed by atoms with Gasteiger partial charge in [0.15, 0.2) is 0 Å². The highest BCUT2D eigenvalue weighted by atomic mass is 16.4. The van der Waals surface area contributed by atoms with Gasteiger partial charge in [-0.25, -0.2) is 0 Å². The number of carboxylic acid groups (broad SMARTS) is 1. The van der Waals surface area contributed by atoms with Crippen molar-refractivity contribution >= 4 is 5.97 Å². The molecule has 0 radical (unpaired) electrons. The maximum Gasteiger partial charge on any atom is 0.309 e.